The van der Waals surface area contributed by atoms with Crippen molar-refractivity contribution < 1.29 is 18.0 Å². The first kappa shape index (κ1) is 20.2. The molecule has 2 heterocycles. The zero-order chi connectivity index (χ0) is 20.1. The van der Waals surface area contributed by atoms with E-state index >= 15 is 0 Å². The molecule has 0 saturated carbocycles. The second-order valence-electron chi connectivity index (χ2n) is 6.18. The van der Waals surface area contributed by atoms with Gasteiger partial charge in [-0.3, -0.25) is 14.6 Å². The third-order valence-electron chi connectivity index (χ3n) is 4.27. The normalized spacial score (nSPS) is 17.8. The Morgan fingerprint density at radius 3 is 2.68 bits per heavy atom. The first-order chi connectivity index (χ1) is 13.4. The molecule has 0 spiro atoms. The summed E-state index contributed by atoms with van der Waals surface area (Å²) >= 11 is 5.82. The fraction of sp³-hybridized carbons (Fsp3) is 0.278. The molecule has 1 aromatic carbocycles. The van der Waals surface area contributed by atoms with Crippen molar-refractivity contribution in [2.45, 2.75) is 23.9 Å². The Kier molecular flexibility index (Phi) is 6.28. The quantitative estimate of drug-likeness (QED) is 0.719. The zero-order valence-corrected chi connectivity index (χ0v) is 16.4. The minimum atomic E-state index is -3.95. The van der Waals surface area contributed by atoms with Gasteiger partial charge >= 0.3 is 0 Å². The van der Waals surface area contributed by atoms with Crippen LogP contribution in [0.25, 0.3) is 0 Å². The number of carbonyl (C=O) groups excluding carboxylic acids is 2. The molecule has 1 saturated heterocycles. The summed E-state index contributed by atoms with van der Waals surface area (Å²) in [6.07, 6.45) is 1.32. The fourth-order valence-electron chi connectivity index (χ4n) is 2.86. The number of carbonyl (C=O) groups is 2. The minimum Gasteiger partial charge on any atom is -0.353 e. The van der Waals surface area contributed by atoms with Gasteiger partial charge in [-0.2, -0.15) is 4.31 Å². The Bertz CT molecular complexity index is 951. The molecule has 1 fully saturated rings. The van der Waals surface area contributed by atoms with E-state index in [1.165, 1.54) is 24.3 Å². The van der Waals surface area contributed by atoms with Gasteiger partial charge in [0.1, 0.15) is 6.04 Å². The third-order valence-corrected chi connectivity index (χ3v) is 6.45. The number of aromatic nitrogens is 1. The van der Waals surface area contributed by atoms with Gasteiger partial charge in [-0.15, -0.1) is 0 Å². The van der Waals surface area contributed by atoms with Gasteiger partial charge in [0.2, 0.25) is 21.8 Å². The number of hydrogen-bond acceptors (Lipinski definition) is 5. The second-order valence-corrected chi connectivity index (χ2v) is 8.51. The monoisotopic (exact) mass is 422 g/mol. The molecule has 1 aromatic heterocycles. The van der Waals surface area contributed by atoms with E-state index in [2.05, 4.69) is 15.6 Å². The van der Waals surface area contributed by atoms with E-state index in [0.29, 0.717) is 10.7 Å². The highest BCUT2D eigenvalue weighted by Gasteiger charge is 2.39. The summed E-state index contributed by atoms with van der Waals surface area (Å²) in [6, 6.07) is 9.87. The molecule has 148 valence electrons. The highest BCUT2D eigenvalue weighted by atomic mass is 35.5. The second kappa shape index (κ2) is 8.68. The number of nitrogens with one attached hydrogen (secondary N) is 2. The first-order valence-corrected chi connectivity index (χ1v) is 10.4. The van der Waals surface area contributed by atoms with E-state index in [1.54, 1.807) is 24.4 Å². The largest absolute Gasteiger partial charge is 0.353 e. The van der Waals surface area contributed by atoms with Crippen molar-refractivity contribution in [1.29, 1.82) is 0 Å². The molecule has 0 aliphatic carbocycles. The predicted octanol–water partition coefficient (Wildman–Crippen LogP) is 0.931. The number of hydrogen-bond donors (Lipinski definition) is 2. The molecule has 28 heavy (non-hydrogen) atoms. The molecule has 2 amide bonds. The van der Waals surface area contributed by atoms with E-state index in [4.69, 9.17) is 11.6 Å². The number of sulfonamides is 1. The summed E-state index contributed by atoms with van der Waals surface area (Å²) < 4.78 is 27.0. The van der Waals surface area contributed by atoms with Gasteiger partial charge in [0.25, 0.3) is 0 Å². The molecule has 1 aliphatic rings. The molecule has 2 N–H and O–H groups in total. The SMILES string of the molecule is O=C(CC1C(=O)NCCN1S(=O)(=O)c1ccc(Cl)cc1)NCc1ccccn1. The number of benzene rings is 1. The van der Waals surface area contributed by atoms with E-state index in [0.717, 1.165) is 4.31 Å². The average Bonchev–Trinajstić information content (AvgIpc) is 2.69. The lowest BCUT2D eigenvalue weighted by Gasteiger charge is -2.33. The Morgan fingerprint density at radius 1 is 1.25 bits per heavy atom. The van der Waals surface area contributed by atoms with Crippen molar-refractivity contribution in [2.24, 2.45) is 0 Å². The minimum absolute atomic E-state index is 0.0190. The number of rotatable bonds is 6. The maximum atomic E-state index is 13.0. The van der Waals surface area contributed by atoms with Crippen LogP contribution < -0.4 is 10.6 Å². The van der Waals surface area contributed by atoms with E-state index in [9.17, 15) is 18.0 Å². The number of pyridine rings is 1. The van der Waals surface area contributed by atoms with E-state index in [-0.39, 0.29) is 31.0 Å². The molecular formula is C18H19ClN4O4S. The summed E-state index contributed by atoms with van der Waals surface area (Å²) in [5.41, 5.74) is 0.662. The van der Waals surface area contributed by atoms with Gasteiger partial charge in [0.05, 0.1) is 23.6 Å². The van der Waals surface area contributed by atoms with Crippen LogP contribution in [0.2, 0.25) is 5.02 Å². The van der Waals surface area contributed by atoms with E-state index < -0.39 is 27.9 Å². The lowest BCUT2D eigenvalue weighted by Crippen LogP contribution is -2.58. The average molecular weight is 423 g/mol. The Morgan fingerprint density at radius 2 is 2.00 bits per heavy atom. The van der Waals surface area contributed by atoms with Crippen LogP contribution in [0, 0.1) is 0 Å². The predicted molar refractivity (Wildman–Crippen MR) is 103 cm³/mol. The molecule has 2 aromatic rings. The molecule has 0 bridgehead atoms. The number of halogens is 1. The standard InChI is InChI=1S/C18H19ClN4O4S/c19-13-4-6-15(7-5-13)28(26,27)23-10-9-21-18(25)16(23)11-17(24)22-12-14-3-1-2-8-20-14/h1-8,16H,9-12H2,(H,21,25)(H,22,24). The number of piperazine rings is 1. The Hall–Kier alpha value is -2.49. The van der Waals surface area contributed by atoms with Gasteiger partial charge in [0, 0.05) is 24.3 Å². The summed E-state index contributed by atoms with van der Waals surface area (Å²) in [6.45, 7) is 0.449. The van der Waals surface area contributed by atoms with Crippen LogP contribution >= 0.6 is 11.6 Å². The van der Waals surface area contributed by atoms with Crippen LogP contribution in [-0.4, -0.2) is 48.7 Å². The van der Waals surface area contributed by atoms with Gasteiger partial charge in [-0.25, -0.2) is 8.42 Å². The molecule has 1 aliphatic heterocycles. The summed E-state index contributed by atoms with van der Waals surface area (Å²) in [5, 5.41) is 5.68. The van der Waals surface area contributed by atoms with Crippen molar-refractivity contribution in [3.63, 3.8) is 0 Å². The molecule has 0 radical (unpaired) electrons. The molecule has 1 atom stereocenters. The molecular weight excluding hydrogens is 404 g/mol. The highest BCUT2D eigenvalue weighted by Crippen LogP contribution is 2.23. The van der Waals surface area contributed by atoms with Crippen LogP contribution in [0.15, 0.2) is 53.6 Å². The summed E-state index contributed by atoms with van der Waals surface area (Å²) in [4.78, 5) is 28.8. The molecule has 10 heteroatoms. The Balaban J connectivity index is 1.74. The highest BCUT2D eigenvalue weighted by molar-refractivity contribution is 7.89. The van der Waals surface area contributed by atoms with Crippen LogP contribution in [0.5, 0.6) is 0 Å². The number of nitrogens with zero attached hydrogens (tertiary/aromatic N) is 2. The lowest BCUT2D eigenvalue weighted by atomic mass is 10.1. The van der Waals surface area contributed by atoms with Crippen LogP contribution in [-0.2, 0) is 26.2 Å². The third kappa shape index (κ3) is 4.67. The van der Waals surface area contributed by atoms with E-state index in [1.807, 2.05) is 0 Å². The van der Waals surface area contributed by atoms with Crippen LogP contribution in [0.3, 0.4) is 0 Å². The van der Waals surface area contributed by atoms with Gasteiger partial charge < -0.3 is 10.6 Å². The van der Waals surface area contributed by atoms with Crippen molar-refractivity contribution in [1.82, 2.24) is 19.9 Å². The fourth-order valence-corrected chi connectivity index (χ4v) is 4.57. The van der Waals surface area contributed by atoms with Crippen molar-refractivity contribution in [2.75, 3.05) is 13.1 Å². The van der Waals surface area contributed by atoms with Gasteiger partial charge in [-0.05, 0) is 36.4 Å². The Labute approximate surface area is 168 Å². The molecule has 1 unspecified atom stereocenters. The molecule has 3 rings (SSSR count). The summed E-state index contributed by atoms with van der Waals surface area (Å²) in [5.74, 6) is -0.944. The zero-order valence-electron chi connectivity index (χ0n) is 14.8. The van der Waals surface area contributed by atoms with Crippen molar-refractivity contribution >= 4 is 33.4 Å². The lowest BCUT2D eigenvalue weighted by molar-refractivity contribution is -0.131. The number of amides is 2. The smallest absolute Gasteiger partial charge is 0.243 e. The van der Waals surface area contributed by atoms with Crippen molar-refractivity contribution in [3.05, 3.63) is 59.4 Å². The topological polar surface area (TPSA) is 108 Å². The van der Waals surface area contributed by atoms with Gasteiger partial charge in [0.15, 0.2) is 0 Å². The summed E-state index contributed by atoms with van der Waals surface area (Å²) in [7, 11) is -3.95. The first-order valence-electron chi connectivity index (χ1n) is 8.59. The molecule has 8 nitrogen and oxygen atoms in total. The maximum Gasteiger partial charge on any atom is 0.243 e. The van der Waals surface area contributed by atoms with Crippen LogP contribution in [0.4, 0.5) is 0 Å². The van der Waals surface area contributed by atoms with Crippen LogP contribution in [0.1, 0.15) is 12.1 Å². The van der Waals surface area contributed by atoms with Gasteiger partial charge in [-0.1, -0.05) is 17.7 Å². The maximum absolute atomic E-state index is 13.0. The van der Waals surface area contributed by atoms with Crippen molar-refractivity contribution in [3.8, 4) is 0 Å².